The first-order valence-electron chi connectivity index (χ1n) is 5.95. The van der Waals surface area contributed by atoms with E-state index in [-0.39, 0.29) is 5.88 Å². The highest BCUT2D eigenvalue weighted by atomic mass is 35.5. The summed E-state index contributed by atoms with van der Waals surface area (Å²) in [5.41, 5.74) is 2.44. The van der Waals surface area contributed by atoms with Gasteiger partial charge in [-0.25, -0.2) is 4.79 Å². The van der Waals surface area contributed by atoms with Crippen molar-refractivity contribution in [3.05, 3.63) is 53.1 Å². The second-order valence-electron chi connectivity index (χ2n) is 3.93. The number of carbonyl (C=O) groups is 1. The molecule has 0 aliphatic heterocycles. The summed E-state index contributed by atoms with van der Waals surface area (Å²) in [7, 11) is 0. The average Bonchev–Trinajstić information content (AvgIpc) is 2.40. The van der Waals surface area contributed by atoms with Crippen LogP contribution in [0.1, 0.15) is 18.1 Å². The lowest BCUT2D eigenvalue weighted by Crippen LogP contribution is -2.08. The second-order valence-corrected chi connectivity index (χ2v) is 4.60. The lowest BCUT2D eigenvalue weighted by molar-refractivity contribution is -0.138. The second kappa shape index (κ2) is 8.03. The van der Waals surface area contributed by atoms with E-state index in [2.05, 4.69) is 0 Å². The minimum Gasteiger partial charge on any atom is -0.463 e. The first-order valence-corrected chi connectivity index (χ1v) is 6.86. The molecule has 102 valence electrons. The molecule has 0 unspecified atom stereocenters. The molecule has 0 heterocycles. The fourth-order valence-corrected chi connectivity index (χ4v) is 1.76. The fraction of sp³-hybridized carbons (Fsp3) is 0.267. The lowest BCUT2D eigenvalue weighted by atomic mass is 10.1. The predicted molar refractivity (Wildman–Crippen MR) is 80.4 cm³/mol. The summed E-state index contributed by atoms with van der Waals surface area (Å²) >= 11 is 11.9. The summed E-state index contributed by atoms with van der Waals surface area (Å²) in [5, 5.41) is 0.548. The van der Waals surface area contributed by atoms with E-state index < -0.39 is 5.97 Å². The van der Waals surface area contributed by atoms with Crippen LogP contribution in [-0.2, 0) is 9.53 Å². The van der Waals surface area contributed by atoms with Gasteiger partial charge in [-0.3, -0.25) is 0 Å². The summed E-state index contributed by atoms with van der Waals surface area (Å²) in [4.78, 5) is 11.5. The van der Waals surface area contributed by atoms with E-state index in [1.807, 2.05) is 31.2 Å². The van der Waals surface area contributed by atoms with Crippen molar-refractivity contribution in [2.75, 3.05) is 12.5 Å². The van der Waals surface area contributed by atoms with Crippen LogP contribution in [0.25, 0.3) is 5.03 Å². The van der Waals surface area contributed by atoms with Crippen LogP contribution in [0.15, 0.2) is 42.0 Å². The molecule has 0 aliphatic rings. The van der Waals surface area contributed by atoms with Gasteiger partial charge >= 0.3 is 5.97 Å². The standard InChI is InChI=1S/C15H16Cl2O2/c1-3-19-15(18)13(10-16)8-9-14(17)12-6-4-11(2)5-7-12/h4-9H,3,10H2,1-2H3. The summed E-state index contributed by atoms with van der Waals surface area (Å²) in [5.74, 6) is -0.324. The van der Waals surface area contributed by atoms with Crippen LogP contribution in [0.2, 0.25) is 0 Å². The van der Waals surface area contributed by atoms with E-state index in [1.54, 1.807) is 19.1 Å². The van der Waals surface area contributed by atoms with E-state index in [0.717, 1.165) is 11.1 Å². The number of hydrogen-bond donors (Lipinski definition) is 0. The van der Waals surface area contributed by atoms with Crippen molar-refractivity contribution < 1.29 is 9.53 Å². The number of halogens is 2. The molecule has 1 rings (SSSR count). The summed E-state index contributed by atoms with van der Waals surface area (Å²) in [6, 6.07) is 7.80. The van der Waals surface area contributed by atoms with Crippen molar-refractivity contribution in [1.29, 1.82) is 0 Å². The van der Waals surface area contributed by atoms with Gasteiger partial charge in [-0.1, -0.05) is 41.4 Å². The minimum absolute atomic E-state index is 0.0907. The first-order chi connectivity index (χ1) is 9.08. The van der Waals surface area contributed by atoms with Crippen molar-refractivity contribution in [2.45, 2.75) is 13.8 Å². The molecular formula is C15H16Cl2O2. The van der Waals surface area contributed by atoms with Crippen LogP contribution >= 0.6 is 23.2 Å². The number of ether oxygens (including phenoxy) is 1. The minimum atomic E-state index is -0.415. The van der Waals surface area contributed by atoms with Gasteiger partial charge in [0.1, 0.15) is 0 Å². The Morgan fingerprint density at radius 1 is 1.26 bits per heavy atom. The van der Waals surface area contributed by atoms with Gasteiger partial charge in [-0.05, 0) is 31.6 Å². The highest BCUT2D eigenvalue weighted by molar-refractivity contribution is 6.48. The molecule has 0 atom stereocenters. The Morgan fingerprint density at radius 2 is 1.89 bits per heavy atom. The molecule has 1 aromatic rings. The molecule has 0 aromatic heterocycles. The molecule has 0 saturated carbocycles. The maximum absolute atomic E-state index is 11.5. The van der Waals surface area contributed by atoms with Crippen LogP contribution in [-0.4, -0.2) is 18.5 Å². The Balaban J connectivity index is 2.88. The van der Waals surface area contributed by atoms with Crippen LogP contribution < -0.4 is 0 Å². The van der Waals surface area contributed by atoms with Crippen molar-refractivity contribution in [1.82, 2.24) is 0 Å². The van der Waals surface area contributed by atoms with Crippen LogP contribution in [0, 0.1) is 6.92 Å². The first kappa shape index (κ1) is 15.8. The monoisotopic (exact) mass is 298 g/mol. The van der Waals surface area contributed by atoms with Gasteiger partial charge in [0.05, 0.1) is 18.1 Å². The SMILES string of the molecule is CCOC(=O)C(=CC=C(Cl)c1ccc(C)cc1)CCl. The topological polar surface area (TPSA) is 26.3 Å². The number of rotatable bonds is 5. The molecule has 2 nitrogen and oxygen atoms in total. The quantitative estimate of drug-likeness (QED) is 0.350. The van der Waals surface area contributed by atoms with Gasteiger partial charge in [0.25, 0.3) is 0 Å². The molecular weight excluding hydrogens is 283 g/mol. The smallest absolute Gasteiger partial charge is 0.335 e. The third-order valence-corrected chi connectivity index (χ3v) is 3.07. The predicted octanol–water partition coefficient (Wildman–Crippen LogP) is 4.30. The van der Waals surface area contributed by atoms with Crippen LogP contribution in [0.3, 0.4) is 0 Å². The number of esters is 1. The van der Waals surface area contributed by atoms with E-state index in [0.29, 0.717) is 17.2 Å². The Hall–Kier alpha value is -1.25. The fourth-order valence-electron chi connectivity index (χ4n) is 1.37. The van der Waals surface area contributed by atoms with Crippen LogP contribution in [0.5, 0.6) is 0 Å². The highest BCUT2D eigenvalue weighted by Gasteiger charge is 2.08. The molecule has 0 amide bonds. The molecule has 0 radical (unpaired) electrons. The maximum atomic E-state index is 11.5. The molecule has 1 aromatic carbocycles. The van der Waals surface area contributed by atoms with E-state index in [1.165, 1.54) is 0 Å². The summed E-state index contributed by atoms with van der Waals surface area (Å²) in [6.07, 6.45) is 3.24. The van der Waals surface area contributed by atoms with Gasteiger partial charge in [-0.2, -0.15) is 0 Å². The zero-order chi connectivity index (χ0) is 14.3. The van der Waals surface area contributed by atoms with Gasteiger partial charge in [0, 0.05) is 5.03 Å². The van der Waals surface area contributed by atoms with E-state index in [4.69, 9.17) is 27.9 Å². The maximum Gasteiger partial charge on any atom is 0.335 e. The normalized spacial score (nSPS) is 12.4. The molecule has 0 bridgehead atoms. The highest BCUT2D eigenvalue weighted by Crippen LogP contribution is 2.19. The largest absolute Gasteiger partial charge is 0.463 e. The zero-order valence-corrected chi connectivity index (χ0v) is 12.5. The number of carbonyl (C=O) groups excluding carboxylic acids is 1. The average molecular weight is 299 g/mol. The van der Waals surface area contributed by atoms with Gasteiger partial charge < -0.3 is 4.74 Å². The van der Waals surface area contributed by atoms with E-state index in [9.17, 15) is 4.79 Å². The van der Waals surface area contributed by atoms with Gasteiger partial charge in [-0.15, -0.1) is 11.6 Å². The van der Waals surface area contributed by atoms with Gasteiger partial charge in [0.15, 0.2) is 0 Å². The summed E-state index contributed by atoms with van der Waals surface area (Å²) in [6.45, 7) is 4.08. The number of alkyl halides is 1. The van der Waals surface area contributed by atoms with Crippen molar-refractivity contribution >= 4 is 34.2 Å². The van der Waals surface area contributed by atoms with Gasteiger partial charge in [0.2, 0.25) is 0 Å². The number of aryl methyl sites for hydroxylation is 1. The summed E-state index contributed by atoms with van der Waals surface area (Å²) < 4.78 is 4.88. The molecule has 4 heteroatoms. The zero-order valence-electron chi connectivity index (χ0n) is 11.0. The third-order valence-electron chi connectivity index (χ3n) is 2.44. The molecule has 0 aliphatic carbocycles. The Kier molecular flexibility index (Phi) is 6.68. The Morgan fingerprint density at radius 3 is 2.42 bits per heavy atom. The van der Waals surface area contributed by atoms with Crippen molar-refractivity contribution in [3.63, 3.8) is 0 Å². The molecule has 0 saturated heterocycles. The number of allylic oxidation sites excluding steroid dienone is 2. The number of hydrogen-bond acceptors (Lipinski definition) is 2. The van der Waals surface area contributed by atoms with E-state index >= 15 is 0 Å². The Labute approximate surface area is 123 Å². The molecule has 0 spiro atoms. The Bertz CT molecular complexity index is 487. The molecule has 0 fully saturated rings. The molecule has 0 N–H and O–H groups in total. The third kappa shape index (κ3) is 5.09. The number of benzene rings is 1. The lowest BCUT2D eigenvalue weighted by Gasteiger charge is -2.03. The van der Waals surface area contributed by atoms with Crippen LogP contribution in [0.4, 0.5) is 0 Å². The molecule has 19 heavy (non-hydrogen) atoms. The van der Waals surface area contributed by atoms with Crippen molar-refractivity contribution in [2.24, 2.45) is 0 Å². The van der Waals surface area contributed by atoms with Crippen molar-refractivity contribution in [3.8, 4) is 0 Å².